The Balaban J connectivity index is 1.48. The Bertz CT molecular complexity index is 1140. The Morgan fingerprint density at radius 1 is 0.758 bits per heavy atom. The van der Waals surface area contributed by atoms with Crippen molar-refractivity contribution >= 4 is 46.2 Å². The number of nitrogens with zero attached hydrogens (tertiary/aromatic N) is 1. The summed E-state index contributed by atoms with van der Waals surface area (Å²) in [6.07, 6.45) is 1.81. The Hall–Kier alpha value is -3.48. The van der Waals surface area contributed by atoms with Gasteiger partial charge in [0.1, 0.15) is 0 Å². The van der Waals surface area contributed by atoms with E-state index in [1.165, 1.54) is 11.3 Å². The van der Waals surface area contributed by atoms with Crippen LogP contribution in [-0.4, -0.2) is 23.4 Å². The maximum atomic E-state index is 13.1. The average molecular weight is 474 g/mol. The Morgan fingerprint density at radius 2 is 1.36 bits per heavy atom. The number of carbonyl (C=O) groups excluding carboxylic acids is 2. The van der Waals surface area contributed by atoms with E-state index >= 15 is 0 Å². The average Bonchev–Trinajstić information content (AvgIpc) is 3.56. The van der Waals surface area contributed by atoms with Gasteiger partial charge in [-0.1, -0.05) is 72.8 Å². The van der Waals surface area contributed by atoms with E-state index in [0.29, 0.717) is 18.7 Å². The lowest BCUT2D eigenvalue weighted by Crippen LogP contribution is -2.34. The van der Waals surface area contributed by atoms with Gasteiger partial charge in [0.25, 0.3) is 5.91 Å². The van der Waals surface area contributed by atoms with Gasteiger partial charge < -0.3 is 9.64 Å². The predicted octanol–water partition coefficient (Wildman–Crippen LogP) is 6.12. The third-order valence-corrected chi connectivity index (χ3v) is 6.67. The summed E-state index contributed by atoms with van der Waals surface area (Å²) in [6.45, 7) is 0.565. The van der Waals surface area contributed by atoms with Crippen molar-refractivity contribution in [1.29, 1.82) is 0 Å². The highest BCUT2D eigenvalue weighted by molar-refractivity contribution is 7.12. The summed E-state index contributed by atoms with van der Waals surface area (Å²) in [4.78, 5) is 29.6. The molecule has 0 fully saturated rings. The Kier molecular flexibility index (Phi) is 7.85. The fourth-order valence-electron chi connectivity index (χ4n) is 3.31. The third kappa shape index (κ3) is 6.51. The Labute approximate surface area is 201 Å². The topological polar surface area (TPSA) is 46.6 Å². The van der Waals surface area contributed by atoms with E-state index in [4.69, 9.17) is 4.74 Å². The quantitative estimate of drug-likeness (QED) is 0.217. The highest BCUT2D eigenvalue weighted by Gasteiger charge is 2.20. The molecule has 0 aliphatic carbocycles. The molecular formula is C27H23NO3S2. The number of hydrogen-bond donors (Lipinski definition) is 0. The van der Waals surface area contributed by atoms with Gasteiger partial charge in [-0.25, -0.2) is 4.79 Å². The molecule has 0 saturated heterocycles. The molecule has 0 atom stereocenters. The molecule has 4 aromatic rings. The molecule has 4 nitrogen and oxygen atoms in total. The molecule has 4 rings (SSSR count). The molecule has 0 N–H and O–H groups in total. The number of benzene rings is 2. The second kappa shape index (κ2) is 11.4. The lowest BCUT2D eigenvalue weighted by molar-refractivity contribution is -0.148. The zero-order chi connectivity index (χ0) is 22.9. The normalized spacial score (nSPS) is 11.2. The molecule has 0 spiro atoms. The molecule has 0 aliphatic rings. The van der Waals surface area contributed by atoms with E-state index in [2.05, 4.69) is 0 Å². The second-order valence-electron chi connectivity index (χ2n) is 7.35. The van der Waals surface area contributed by atoms with Gasteiger partial charge in [-0.05, 0) is 40.1 Å². The van der Waals surface area contributed by atoms with E-state index in [-0.39, 0.29) is 12.5 Å². The molecule has 0 aliphatic heterocycles. The van der Waals surface area contributed by atoms with Crippen LogP contribution in [0.15, 0.2) is 95.7 Å². The minimum absolute atomic E-state index is 0.238. The van der Waals surface area contributed by atoms with Gasteiger partial charge in [-0.3, -0.25) is 4.79 Å². The van der Waals surface area contributed by atoms with Crippen LogP contribution in [0.2, 0.25) is 0 Å². The number of ether oxygens (including phenoxy) is 1. The molecule has 2 aromatic heterocycles. The first kappa shape index (κ1) is 22.7. The molecule has 0 saturated carbocycles. The highest BCUT2D eigenvalue weighted by Crippen LogP contribution is 2.26. The molecule has 33 heavy (non-hydrogen) atoms. The molecule has 0 bridgehead atoms. The fourth-order valence-corrected chi connectivity index (χ4v) is 4.70. The van der Waals surface area contributed by atoms with Crippen LogP contribution in [0.4, 0.5) is 0 Å². The SMILES string of the molecule is O=C(OCC(=O)N(Cc1ccccc1)Cc1ccccc1)/C(=C/c1cccs1)c1cccs1. The second-order valence-corrected chi connectivity index (χ2v) is 9.27. The van der Waals surface area contributed by atoms with Crippen LogP contribution in [0, 0.1) is 0 Å². The maximum Gasteiger partial charge on any atom is 0.340 e. The van der Waals surface area contributed by atoms with Crippen molar-refractivity contribution in [1.82, 2.24) is 4.90 Å². The fraction of sp³-hybridized carbons (Fsp3) is 0.111. The maximum absolute atomic E-state index is 13.1. The predicted molar refractivity (Wildman–Crippen MR) is 135 cm³/mol. The monoisotopic (exact) mass is 473 g/mol. The summed E-state index contributed by atoms with van der Waals surface area (Å²) in [6, 6.07) is 27.3. The number of carbonyl (C=O) groups is 2. The lowest BCUT2D eigenvalue weighted by atomic mass is 10.1. The van der Waals surface area contributed by atoms with Gasteiger partial charge in [0.2, 0.25) is 0 Å². The summed E-state index contributed by atoms with van der Waals surface area (Å²) in [5.41, 5.74) is 2.49. The van der Waals surface area contributed by atoms with Crippen LogP contribution in [0.5, 0.6) is 0 Å². The zero-order valence-corrected chi connectivity index (χ0v) is 19.6. The van der Waals surface area contributed by atoms with E-state index < -0.39 is 5.97 Å². The van der Waals surface area contributed by atoms with E-state index in [1.54, 1.807) is 16.2 Å². The van der Waals surface area contributed by atoms with Crippen molar-refractivity contribution in [3.63, 3.8) is 0 Å². The van der Waals surface area contributed by atoms with Crippen LogP contribution in [0.1, 0.15) is 20.9 Å². The van der Waals surface area contributed by atoms with Gasteiger partial charge in [0.15, 0.2) is 6.61 Å². The minimum Gasteiger partial charge on any atom is -0.452 e. The summed E-state index contributed by atoms with van der Waals surface area (Å²) in [5.74, 6) is -0.740. The first-order valence-electron chi connectivity index (χ1n) is 10.5. The molecule has 2 heterocycles. The van der Waals surface area contributed by atoms with Crippen LogP contribution in [-0.2, 0) is 27.4 Å². The van der Waals surface area contributed by atoms with E-state index in [0.717, 1.165) is 20.9 Å². The minimum atomic E-state index is -0.501. The molecule has 0 unspecified atom stereocenters. The van der Waals surface area contributed by atoms with Crippen molar-refractivity contribution in [3.8, 4) is 0 Å². The summed E-state index contributed by atoms with van der Waals surface area (Å²) >= 11 is 3.01. The van der Waals surface area contributed by atoms with Gasteiger partial charge in [0, 0.05) is 22.8 Å². The molecule has 6 heteroatoms. The van der Waals surface area contributed by atoms with Gasteiger partial charge in [-0.15, -0.1) is 22.7 Å². The molecule has 166 valence electrons. The van der Waals surface area contributed by atoms with Crippen LogP contribution in [0.25, 0.3) is 11.6 Å². The summed E-state index contributed by atoms with van der Waals surface area (Å²) < 4.78 is 5.51. The van der Waals surface area contributed by atoms with Crippen LogP contribution >= 0.6 is 22.7 Å². The highest BCUT2D eigenvalue weighted by atomic mass is 32.1. The van der Waals surface area contributed by atoms with Crippen molar-refractivity contribution in [2.24, 2.45) is 0 Å². The number of thiophene rings is 2. The van der Waals surface area contributed by atoms with Crippen molar-refractivity contribution in [2.75, 3.05) is 6.61 Å². The first-order chi connectivity index (χ1) is 16.2. The molecular weight excluding hydrogens is 450 g/mol. The molecule has 2 aromatic carbocycles. The standard InChI is InChI=1S/C27H23NO3S2/c29-26(28(18-21-9-3-1-4-10-21)19-22-11-5-2-6-12-22)20-31-27(30)24(25-14-8-16-33-25)17-23-13-7-15-32-23/h1-17H,18-20H2/b24-17+. The lowest BCUT2D eigenvalue weighted by Gasteiger charge is -2.23. The number of esters is 1. The smallest absolute Gasteiger partial charge is 0.340 e. The number of hydrogen-bond acceptors (Lipinski definition) is 5. The van der Waals surface area contributed by atoms with E-state index in [9.17, 15) is 9.59 Å². The van der Waals surface area contributed by atoms with Crippen molar-refractivity contribution in [3.05, 3.63) is 117 Å². The van der Waals surface area contributed by atoms with Crippen molar-refractivity contribution < 1.29 is 14.3 Å². The molecule has 0 radical (unpaired) electrons. The molecule has 1 amide bonds. The first-order valence-corrected chi connectivity index (χ1v) is 12.3. The van der Waals surface area contributed by atoms with Gasteiger partial charge in [0.05, 0.1) is 5.57 Å². The zero-order valence-electron chi connectivity index (χ0n) is 17.9. The van der Waals surface area contributed by atoms with Crippen LogP contribution < -0.4 is 0 Å². The largest absolute Gasteiger partial charge is 0.452 e. The van der Waals surface area contributed by atoms with Crippen molar-refractivity contribution in [2.45, 2.75) is 13.1 Å². The Morgan fingerprint density at radius 3 is 1.91 bits per heavy atom. The summed E-state index contributed by atoms with van der Waals surface area (Å²) in [7, 11) is 0. The van der Waals surface area contributed by atoms with Crippen LogP contribution in [0.3, 0.4) is 0 Å². The number of rotatable bonds is 9. The van der Waals surface area contributed by atoms with E-state index in [1.807, 2.05) is 102 Å². The summed E-state index contributed by atoms with van der Waals surface area (Å²) in [5, 5.41) is 3.87. The number of amides is 1. The van der Waals surface area contributed by atoms with Gasteiger partial charge >= 0.3 is 5.97 Å². The third-order valence-electron chi connectivity index (χ3n) is 4.95. The van der Waals surface area contributed by atoms with Gasteiger partial charge in [-0.2, -0.15) is 0 Å².